The number of aromatic amines is 1. The number of hydrogen-bond acceptors (Lipinski definition) is 7. The number of carboxylic acids is 1. The minimum atomic E-state index is -1.79. The average Bonchev–Trinajstić information content (AvgIpc) is 2.46. The minimum Gasteiger partial charge on any atom is -0.479 e. The summed E-state index contributed by atoms with van der Waals surface area (Å²) in [7, 11) is 0. The lowest BCUT2D eigenvalue weighted by Crippen LogP contribution is -2.58. The van der Waals surface area contributed by atoms with Gasteiger partial charge in [0.2, 0.25) is 0 Å². The molecule has 1 aromatic rings. The zero-order valence-corrected chi connectivity index (χ0v) is 13.1. The van der Waals surface area contributed by atoms with Gasteiger partial charge in [-0.05, 0) is 18.6 Å². The molecule has 0 aromatic carbocycles. The van der Waals surface area contributed by atoms with Crippen molar-refractivity contribution in [1.82, 2.24) is 9.55 Å². The van der Waals surface area contributed by atoms with Crippen molar-refractivity contribution < 1.29 is 30.0 Å². The summed E-state index contributed by atoms with van der Waals surface area (Å²) in [5, 5.41) is 38.9. The molecule has 10 heteroatoms. The molecule has 0 amide bonds. The van der Waals surface area contributed by atoms with Crippen LogP contribution in [0, 0.1) is 4.77 Å². The van der Waals surface area contributed by atoms with E-state index < -0.39 is 42.2 Å². The van der Waals surface area contributed by atoms with Gasteiger partial charge in [-0.1, -0.05) is 13.3 Å². The topological polar surface area (TPSA) is 145 Å². The number of aromatic nitrogens is 2. The van der Waals surface area contributed by atoms with Crippen LogP contribution in [0.1, 0.15) is 25.3 Å². The Morgan fingerprint density at radius 2 is 2.00 bits per heavy atom. The molecule has 23 heavy (non-hydrogen) atoms. The van der Waals surface area contributed by atoms with E-state index in [2.05, 4.69) is 4.98 Å². The molecule has 0 saturated carbocycles. The van der Waals surface area contributed by atoms with Crippen molar-refractivity contribution in [3.63, 3.8) is 0 Å². The quantitative estimate of drug-likeness (QED) is 0.433. The maximum absolute atomic E-state index is 11.6. The molecule has 2 heterocycles. The predicted molar refractivity (Wildman–Crippen MR) is 79.4 cm³/mol. The third kappa shape index (κ3) is 3.35. The van der Waals surface area contributed by atoms with Gasteiger partial charge in [0.05, 0.1) is 0 Å². The van der Waals surface area contributed by atoms with Gasteiger partial charge in [0.25, 0.3) is 5.56 Å². The summed E-state index contributed by atoms with van der Waals surface area (Å²) < 4.78 is 6.44. The van der Waals surface area contributed by atoms with Crippen molar-refractivity contribution in [3.05, 3.63) is 26.9 Å². The molecule has 1 aliphatic heterocycles. The third-order valence-electron chi connectivity index (χ3n) is 3.65. The van der Waals surface area contributed by atoms with Gasteiger partial charge in [0.15, 0.2) is 17.1 Å². The van der Waals surface area contributed by atoms with E-state index in [9.17, 15) is 24.9 Å². The normalized spacial score (nSPS) is 31.0. The number of carboxylic acid groups (broad SMARTS) is 1. The lowest BCUT2D eigenvalue weighted by Gasteiger charge is -2.40. The van der Waals surface area contributed by atoms with E-state index in [0.29, 0.717) is 18.5 Å². The summed E-state index contributed by atoms with van der Waals surface area (Å²) >= 11 is 5.07. The van der Waals surface area contributed by atoms with Crippen molar-refractivity contribution in [2.45, 2.75) is 50.4 Å². The molecule has 0 aliphatic carbocycles. The van der Waals surface area contributed by atoms with Crippen molar-refractivity contribution in [3.8, 4) is 0 Å². The van der Waals surface area contributed by atoms with Gasteiger partial charge in [-0.15, -0.1) is 0 Å². The number of H-pyrrole nitrogens is 1. The number of aliphatic hydroxyl groups excluding tert-OH is 3. The molecule has 1 aromatic heterocycles. The van der Waals surface area contributed by atoms with E-state index in [1.54, 1.807) is 0 Å². The fourth-order valence-electron chi connectivity index (χ4n) is 2.56. The number of aliphatic hydroxyl groups is 3. The molecular formula is C13H18N2O7S. The van der Waals surface area contributed by atoms with E-state index in [-0.39, 0.29) is 4.77 Å². The number of carbonyl (C=O) groups is 1. The molecule has 128 valence electrons. The van der Waals surface area contributed by atoms with Crippen molar-refractivity contribution in [1.29, 1.82) is 0 Å². The van der Waals surface area contributed by atoms with E-state index in [1.807, 2.05) is 6.92 Å². The van der Waals surface area contributed by atoms with E-state index >= 15 is 0 Å². The third-order valence-corrected chi connectivity index (χ3v) is 3.95. The van der Waals surface area contributed by atoms with Gasteiger partial charge in [0.1, 0.15) is 18.3 Å². The summed E-state index contributed by atoms with van der Waals surface area (Å²) in [5.74, 6) is -1.48. The van der Waals surface area contributed by atoms with E-state index in [1.165, 1.54) is 10.6 Å². The number of aryl methyl sites for hydroxylation is 1. The number of nitrogens with one attached hydrogen (secondary N) is 1. The van der Waals surface area contributed by atoms with Crippen molar-refractivity contribution in [2.24, 2.45) is 0 Å². The molecule has 9 nitrogen and oxygen atoms in total. The number of nitrogens with zero attached hydrogens (tertiary/aromatic N) is 1. The first-order chi connectivity index (χ1) is 10.8. The van der Waals surface area contributed by atoms with E-state index in [0.717, 1.165) is 0 Å². The standard InChI is InChI=1S/C13H18N2O7S/c1-2-3-5-4-6(16)14-13(23)15(5)11-9(19)7(17)8(18)10(22-11)12(20)21/h4,7-11,17-19H,2-3H2,1H3,(H,20,21)(H,14,16,23)/t7-,8-,9-,10+,11-/m0/s1. The highest BCUT2D eigenvalue weighted by Crippen LogP contribution is 2.29. The lowest BCUT2D eigenvalue weighted by atomic mass is 9.97. The first-order valence-corrected chi connectivity index (χ1v) is 7.46. The monoisotopic (exact) mass is 346 g/mol. The highest BCUT2D eigenvalue weighted by Gasteiger charge is 2.48. The summed E-state index contributed by atoms with van der Waals surface area (Å²) in [5.41, 5.74) is -0.00612. The van der Waals surface area contributed by atoms with Crippen LogP contribution in [-0.4, -0.2) is 60.4 Å². The van der Waals surface area contributed by atoms with Crippen molar-refractivity contribution in [2.75, 3.05) is 0 Å². The summed E-state index contributed by atoms with van der Waals surface area (Å²) in [6.45, 7) is 1.87. The molecule has 0 radical (unpaired) electrons. The van der Waals surface area contributed by atoms with Gasteiger partial charge < -0.3 is 25.2 Å². The van der Waals surface area contributed by atoms with Crippen LogP contribution in [0.5, 0.6) is 0 Å². The summed E-state index contributed by atoms with van der Waals surface area (Å²) in [4.78, 5) is 25.1. The van der Waals surface area contributed by atoms with Crippen LogP contribution >= 0.6 is 12.2 Å². The molecule has 5 N–H and O–H groups in total. The first-order valence-electron chi connectivity index (χ1n) is 7.05. The number of ether oxygens (including phenoxy) is 1. The maximum atomic E-state index is 11.6. The van der Waals surface area contributed by atoms with Crippen LogP contribution in [0.15, 0.2) is 10.9 Å². The Morgan fingerprint density at radius 3 is 2.57 bits per heavy atom. The molecule has 0 unspecified atom stereocenters. The molecule has 2 rings (SSSR count). The summed E-state index contributed by atoms with van der Waals surface area (Å²) in [6.07, 6.45) is -7.13. The maximum Gasteiger partial charge on any atom is 0.335 e. The second-order valence-corrected chi connectivity index (χ2v) is 5.69. The zero-order chi connectivity index (χ0) is 17.3. The van der Waals surface area contributed by atoms with Crippen LogP contribution in [-0.2, 0) is 16.0 Å². The highest BCUT2D eigenvalue weighted by molar-refractivity contribution is 7.71. The Bertz CT molecular complexity index is 700. The first kappa shape index (κ1) is 17.8. The van der Waals surface area contributed by atoms with Crippen LogP contribution in [0.3, 0.4) is 0 Å². The molecular weight excluding hydrogens is 328 g/mol. The largest absolute Gasteiger partial charge is 0.479 e. The second kappa shape index (κ2) is 6.89. The van der Waals surface area contributed by atoms with E-state index in [4.69, 9.17) is 22.1 Å². The van der Waals surface area contributed by atoms with Crippen LogP contribution < -0.4 is 5.56 Å². The van der Waals surface area contributed by atoms with Gasteiger partial charge in [-0.3, -0.25) is 14.3 Å². The summed E-state index contributed by atoms with van der Waals surface area (Å²) in [6, 6.07) is 1.27. The number of hydrogen-bond donors (Lipinski definition) is 5. The van der Waals surface area contributed by atoms with Crippen molar-refractivity contribution >= 4 is 18.2 Å². The average molecular weight is 346 g/mol. The molecule has 0 bridgehead atoms. The Kier molecular flexibility index (Phi) is 5.32. The molecule has 5 atom stereocenters. The highest BCUT2D eigenvalue weighted by atomic mass is 32.1. The number of rotatable bonds is 4. The van der Waals surface area contributed by atoms with Gasteiger partial charge >= 0.3 is 5.97 Å². The van der Waals surface area contributed by atoms with Crippen LogP contribution in [0.4, 0.5) is 0 Å². The Balaban J connectivity index is 2.53. The fraction of sp³-hybridized carbons (Fsp3) is 0.615. The Hall–Kier alpha value is -1.59. The SMILES string of the molecule is CCCc1cc(=O)[nH]c(=S)n1[C@H]1O[C@@H](C(=O)O)[C@@H](O)[C@H](O)[C@@H]1O. The Morgan fingerprint density at radius 1 is 1.35 bits per heavy atom. The van der Waals surface area contributed by atoms with Crippen LogP contribution in [0.25, 0.3) is 0 Å². The number of aliphatic carboxylic acids is 1. The van der Waals surface area contributed by atoms with Gasteiger partial charge in [-0.25, -0.2) is 4.79 Å². The van der Waals surface area contributed by atoms with Crippen LogP contribution in [0.2, 0.25) is 0 Å². The molecule has 1 fully saturated rings. The molecule has 0 spiro atoms. The Labute approximate surface area is 135 Å². The zero-order valence-electron chi connectivity index (χ0n) is 12.2. The van der Waals surface area contributed by atoms with Gasteiger partial charge in [-0.2, -0.15) is 0 Å². The smallest absolute Gasteiger partial charge is 0.335 e. The predicted octanol–water partition coefficient (Wildman–Crippen LogP) is -1.08. The van der Waals surface area contributed by atoms with Gasteiger partial charge in [0, 0.05) is 11.8 Å². The second-order valence-electron chi connectivity index (χ2n) is 5.31. The molecule has 1 aliphatic rings. The fourth-order valence-corrected chi connectivity index (χ4v) is 2.88. The molecule has 1 saturated heterocycles. The lowest BCUT2D eigenvalue weighted by molar-refractivity contribution is -0.247. The minimum absolute atomic E-state index is 0.0715.